The van der Waals surface area contributed by atoms with Crippen molar-refractivity contribution in [1.29, 1.82) is 0 Å². The minimum Gasteiger partial charge on any atom is -0.463 e. The standard InChI is InChI=1S/C15H26O8/c1-3-15(17)23-13-11-21-9-7-19-5-4-18-6-8-20-10-12-22-14(2)16/h3H,1,4-13H2,2H3. The summed E-state index contributed by atoms with van der Waals surface area (Å²) in [6, 6.07) is 0. The van der Waals surface area contributed by atoms with E-state index in [0.29, 0.717) is 52.9 Å². The molecule has 0 aliphatic rings. The van der Waals surface area contributed by atoms with Gasteiger partial charge in [-0.25, -0.2) is 4.79 Å². The fourth-order valence-electron chi connectivity index (χ4n) is 1.27. The quantitative estimate of drug-likeness (QED) is 0.227. The van der Waals surface area contributed by atoms with Crippen molar-refractivity contribution in [3.63, 3.8) is 0 Å². The lowest BCUT2D eigenvalue weighted by Gasteiger charge is -2.07. The first kappa shape index (κ1) is 21.5. The zero-order valence-electron chi connectivity index (χ0n) is 13.6. The minimum absolute atomic E-state index is 0.200. The van der Waals surface area contributed by atoms with Gasteiger partial charge < -0.3 is 28.4 Å². The summed E-state index contributed by atoms with van der Waals surface area (Å²) in [5, 5.41) is 0. The zero-order valence-corrected chi connectivity index (χ0v) is 13.6. The van der Waals surface area contributed by atoms with E-state index in [1.807, 2.05) is 0 Å². The summed E-state index contributed by atoms with van der Waals surface area (Å²) in [6.45, 7) is 8.45. The number of esters is 2. The number of ether oxygens (including phenoxy) is 6. The number of carbonyl (C=O) groups excluding carboxylic acids is 2. The SMILES string of the molecule is C=CC(=O)OCCOCCOCCOCCOCCOC(C)=O. The number of hydrogen-bond acceptors (Lipinski definition) is 8. The minimum atomic E-state index is -0.461. The monoisotopic (exact) mass is 334 g/mol. The lowest BCUT2D eigenvalue weighted by Crippen LogP contribution is -2.14. The maximum atomic E-state index is 10.7. The lowest BCUT2D eigenvalue weighted by molar-refractivity contribution is -0.142. The Kier molecular flexibility index (Phi) is 15.8. The molecule has 0 fully saturated rings. The Hall–Kier alpha value is -1.48. The summed E-state index contributed by atoms with van der Waals surface area (Å²) in [5.74, 6) is -0.777. The Balaban J connectivity index is 3.04. The van der Waals surface area contributed by atoms with Crippen LogP contribution in [0.5, 0.6) is 0 Å². The molecule has 0 heterocycles. The van der Waals surface area contributed by atoms with Crippen LogP contribution in [0.25, 0.3) is 0 Å². The summed E-state index contributed by atoms with van der Waals surface area (Å²) in [5.41, 5.74) is 0. The van der Waals surface area contributed by atoms with Crippen molar-refractivity contribution in [3.8, 4) is 0 Å². The van der Waals surface area contributed by atoms with E-state index in [0.717, 1.165) is 6.08 Å². The zero-order chi connectivity index (χ0) is 17.2. The highest BCUT2D eigenvalue weighted by Crippen LogP contribution is 1.85. The average Bonchev–Trinajstić information content (AvgIpc) is 2.53. The summed E-state index contributed by atoms with van der Waals surface area (Å²) >= 11 is 0. The molecule has 0 aliphatic carbocycles. The van der Waals surface area contributed by atoms with Gasteiger partial charge in [-0.3, -0.25) is 4.79 Å². The molecule has 0 bridgehead atoms. The summed E-state index contributed by atoms with van der Waals surface area (Å²) in [4.78, 5) is 21.2. The molecular weight excluding hydrogens is 308 g/mol. The highest BCUT2D eigenvalue weighted by Gasteiger charge is 1.96. The van der Waals surface area contributed by atoms with Gasteiger partial charge in [0.15, 0.2) is 0 Å². The fourth-order valence-corrected chi connectivity index (χ4v) is 1.27. The third-order valence-electron chi connectivity index (χ3n) is 2.29. The van der Waals surface area contributed by atoms with Gasteiger partial charge in [0.25, 0.3) is 0 Å². The molecule has 0 N–H and O–H groups in total. The predicted octanol–water partition coefficient (Wildman–Crippen LogP) is 0.345. The van der Waals surface area contributed by atoms with Crippen molar-refractivity contribution >= 4 is 11.9 Å². The fraction of sp³-hybridized carbons (Fsp3) is 0.733. The Morgan fingerprint density at radius 1 is 0.696 bits per heavy atom. The topological polar surface area (TPSA) is 89.5 Å². The molecule has 8 heteroatoms. The van der Waals surface area contributed by atoms with Crippen molar-refractivity contribution in [1.82, 2.24) is 0 Å². The van der Waals surface area contributed by atoms with E-state index >= 15 is 0 Å². The van der Waals surface area contributed by atoms with E-state index in [4.69, 9.17) is 28.4 Å². The van der Waals surface area contributed by atoms with Crippen molar-refractivity contribution in [3.05, 3.63) is 12.7 Å². The second kappa shape index (κ2) is 16.9. The van der Waals surface area contributed by atoms with Crippen molar-refractivity contribution in [2.45, 2.75) is 6.92 Å². The van der Waals surface area contributed by atoms with Crippen LogP contribution in [0.2, 0.25) is 0 Å². The molecule has 0 radical (unpaired) electrons. The molecule has 0 aromatic carbocycles. The van der Waals surface area contributed by atoms with E-state index in [1.54, 1.807) is 0 Å². The second-order valence-corrected chi connectivity index (χ2v) is 4.16. The van der Waals surface area contributed by atoms with E-state index < -0.39 is 5.97 Å². The molecule has 8 nitrogen and oxygen atoms in total. The maximum absolute atomic E-state index is 10.7. The van der Waals surface area contributed by atoms with Gasteiger partial charge >= 0.3 is 11.9 Å². The van der Waals surface area contributed by atoms with Crippen molar-refractivity contribution < 1.29 is 38.0 Å². The molecular formula is C15H26O8. The van der Waals surface area contributed by atoms with Crippen LogP contribution in [-0.2, 0) is 38.0 Å². The first-order chi connectivity index (χ1) is 11.2. The molecule has 0 aliphatic heterocycles. The van der Waals surface area contributed by atoms with Crippen LogP contribution in [0.3, 0.4) is 0 Å². The molecule has 0 spiro atoms. The Bertz CT molecular complexity index is 319. The van der Waals surface area contributed by atoms with Gasteiger partial charge in [0.1, 0.15) is 13.2 Å². The molecule has 0 rings (SSSR count). The Labute approximate surface area is 136 Å². The third-order valence-corrected chi connectivity index (χ3v) is 2.29. The van der Waals surface area contributed by atoms with Gasteiger partial charge in [-0.1, -0.05) is 6.58 Å². The molecule has 0 aromatic heterocycles. The Morgan fingerprint density at radius 2 is 1.04 bits per heavy atom. The van der Waals surface area contributed by atoms with Crippen LogP contribution in [-0.4, -0.2) is 78.0 Å². The van der Waals surface area contributed by atoms with Crippen LogP contribution >= 0.6 is 0 Å². The van der Waals surface area contributed by atoms with Crippen molar-refractivity contribution in [2.75, 3.05) is 66.1 Å². The summed E-state index contributed by atoms with van der Waals surface area (Å²) in [7, 11) is 0. The smallest absolute Gasteiger partial charge is 0.330 e. The van der Waals surface area contributed by atoms with Gasteiger partial charge in [-0.15, -0.1) is 0 Å². The van der Waals surface area contributed by atoms with Crippen molar-refractivity contribution in [2.24, 2.45) is 0 Å². The Morgan fingerprint density at radius 3 is 1.39 bits per heavy atom. The third kappa shape index (κ3) is 18.5. The molecule has 134 valence electrons. The van der Waals surface area contributed by atoms with E-state index in [9.17, 15) is 9.59 Å². The van der Waals surface area contributed by atoms with Gasteiger partial charge in [0, 0.05) is 13.0 Å². The van der Waals surface area contributed by atoms with Crippen LogP contribution < -0.4 is 0 Å². The van der Waals surface area contributed by atoms with Crippen LogP contribution in [0.4, 0.5) is 0 Å². The normalized spacial score (nSPS) is 10.3. The molecule has 0 saturated heterocycles. The first-order valence-electron chi connectivity index (χ1n) is 7.40. The molecule has 0 unspecified atom stereocenters. The predicted molar refractivity (Wildman–Crippen MR) is 81.1 cm³/mol. The summed E-state index contributed by atoms with van der Waals surface area (Å²) in [6.07, 6.45) is 1.11. The highest BCUT2D eigenvalue weighted by molar-refractivity contribution is 5.81. The van der Waals surface area contributed by atoms with Gasteiger partial charge in [-0.2, -0.15) is 0 Å². The molecule has 0 amide bonds. The number of carbonyl (C=O) groups is 2. The number of hydrogen-bond donors (Lipinski definition) is 0. The van der Waals surface area contributed by atoms with Gasteiger partial charge in [0.05, 0.1) is 52.9 Å². The molecule has 0 aromatic rings. The van der Waals surface area contributed by atoms with Crippen LogP contribution in [0.1, 0.15) is 6.92 Å². The molecule has 0 saturated carbocycles. The maximum Gasteiger partial charge on any atom is 0.330 e. The van der Waals surface area contributed by atoms with Crippen LogP contribution in [0.15, 0.2) is 12.7 Å². The average molecular weight is 334 g/mol. The van der Waals surface area contributed by atoms with Gasteiger partial charge in [0.2, 0.25) is 0 Å². The van der Waals surface area contributed by atoms with E-state index in [2.05, 4.69) is 6.58 Å². The van der Waals surface area contributed by atoms with E-state index in [1.165, 1.54) is 6.92 Å². The second-order valence-electron chi connectivity index (χ2n) is 4.16. The molecule has 0 atom stereocenters. The highest BCUT2D eigenvalue weighted by atomic mass is 16.6. The first-order valence-corrected chi connectivity index (χ1v) is 7.40. The summed E-state index contributed by atoms with van der Waals surface area (Å²) < 4.78 is 30.4. The van der Waals surface area contributed by atoms with Crippen LogP contribution in [0, 0.1) is 0 Å². The lowest BCUT2D eigenvalue weighted by atomic mass is 10.6. The molecule has 23 heavy (non-hydrogen) atoms. The van der Waals surface area contributed by atoms with Gasteiger partial charge in [-0.05, 0) is 0 Å². The largest absolute Gasteiger partial charge is 0.463 e. The number of rotatable bonds is 16. The van der Waals surface area contributed by atoms with E-state index in [-0.39, 0.29) is 19.2 Å².